The van der Waals surface area contributed by atoms with Crippen LogP contribution in [0.3, 0.4) is 0 Å². The molecule has 134 valence electrons. The monoisotopic (exact) mass is 427 g/mol. The van der Waals surface area contributed by atoms with Gasteiger partial charge < -0.3 is 9.47 Å². The fourth-order valence-corrected chi connectivity index (χ4v) is 3.31. The molecule has 25 heavy (non-hydrogen) atoms. The second-order valence-electron chi connectivity index (χ2n) is 5.23. The molecule has 1 saturated heterocycles. The van der Waals surface area contributed by atoms with Crippen molar-refractivity contribution >= 4 is 50.9 Å². The first-order valence-corrected chi connectivity index (χ1v) is 9.31. The maximum Gasteiger partial charge on any atom is 0.326 e. The largest absolute Gasteiger partial charge is 0.496 e. The van der Waals surface area contributed by atoms with Crippen molar-refractivity contribution in [3.63, 3.8) is 0 Å². The van der Waals surface area contributed by atoms with Gasteiger partial charge in [0, 0.05) is 10.0 Å². The highest BCUT2D eigenvalue weighted by atomic mass is 79.9. The molecule has 1 heterocycles. The third kappa shape index (κ3) is 5.09. The fourth-order valence-electron chi connectivity index (χ4n) is 2.10. The number of unbranched alkanes of at least 4 members (excludes halogenated alkanes) is 1. The molecule has 1 aromatic rings. The van der Waals surface area contributed by atoms with Gasteiger partial charge in [-0.3, -0.25) is 19.3 Å². The van der Waals surface area contributed by atoms with Gasteiger partial charge in [0.25, 0.3) is 11.1 Å². The van der Waals surface area contributed by atoms with Gasteiger partial charge in [-0.05, 0) is 42.5 Å². The Hall–Kier alpha value is -1.80. The molecule has 0 bridgehead atoms. The van der Waals surface area contributed by atoms with Gasteiger partial charge in [0.05, 0.1) is 18.6 Å². The molecule has 2 amide bonds. The second-order valence-corrected chi connectivity index (χ2v) is 7.14. The van der Waals surface area contributed by atoms with E-state index in [9.17, 15) is 14.4 Å². The third-order valence-corrected chi connectivity index (χ3v) is 4.80. The first-order valence-electron chi connectivity index (χ1n) is 7.70. The van der Waals surface area contributed by atoms with Gasteiger partial charge in [0.2, 0.25) is 0 Å². The van der Waals surface area contributed by atoms with Gasteiger partial charge >= 0.3 is 5.97 Å². The molecule has 8 heteroatoms. The average molecular weight is 428 g/mol. The number of methoxy groups -OCH3 is 1. The summed E-state index contributed by atoms with van der Waals surface area (Å²) in [5.41, 5.74) is 0.660. The number of halogens is 1. The molecular weight excluding hydrogens is 410 g/mol. The molecule has 6 nitrogen and oxygen atoms in total. The summed E-state index contributed by atoms with van der Waals surface area (Å²) in [4.78, 5) is 37.4. The number of rotatable bonds is 7. The van der Waals surface area contributed by atoms with Crippen molar-refractivity contribution in [1.29, 1.82) is 0 Å². The summed E-state index contributed by atoms with van der Waals surface area (Å²) in [7, 11) is 1.53. The van der Waals surface area contributed by atoms with Gasteiger partial charge in [0.1, 0.15) is 12.3 Å². The van der Waals surface area contributed by atoms with Crippen LogP contribution in [0.15, 0.2) is 27.6 Å². The molecule has 1 aromatic carbocycles. The molecule has 0 radical (unpaired) electrons. The average Bonchev–Trinajstić information content (AvgIpc) is 2.83. The topological polar surface area (TPSA) is 72.9 Å². The molecule has 1 fully saturated rings. The van der Waals surface area contributed by atoms with Crippen molar-refractivity contribution in [3.8, 4) is 5.75 Å². The first-order chi connectivity index (χ1) is 12.0. The minimum absolute atomic E-state index is 0.239. The lowest BCUT2D eigenvalue weighted by Gasteiger charge is -2.11. The summed E-state index contributed by atoms with van der Waals surface area (Å²) in [5.74, 6) is -0.518. The Morgan fingerprint density at radius 1 is 1.36 bits per heavy atom. The zero-order valence-electron chi connectivity index (χ0n) is 13.9. The molecular formula is C17H18BrNO5S. The van der Waals surface area contributed by atoms with E-state index < -0.39 is 17.1 Å². The Bertz CT molecular complexity index is 719. The Labute approximate surface area is 158 Å². The Morgan fingerprint density at radius 3 is 2.80 bits per heavy atom. The van der Waals surface area contributed by atoms with Crippen molar-refractivity contribution < 1.29 is 23.9 Å². The highest BCUT2D eigenvalue weighted by molar-refractivity contribution is 9.10. The van der Waals surface area contributed by atoms with Crippen LogP contribution >= 0.6 is 27.7 Å². The van der Waals surface area contributed by atoms with Gasteiger partial charge in [-0.15, -0.1) is 0 Å². The number of hydrogen-bond donors (Lipinski definition) is 0. The number of nitrogens with zero attached hydrogens (tertiary/aromatic N) is 1. The highest BCUT2D eigenvalue weighted by Gasteiger charge is 2.36. The number of amides is 2. The van der Waals surface area contributed by atoms with Crippen LogP contribution in [0.25, 0.3) is 6.08 Å². The van der Waals surface area contributed by atoms with Crippen LogP contribution in [-0.2, 0) is 14.3 Å². The highest BCUT2D eigenvalue weighted by Crippen LogP contribution is 2.34. The standard InChI is InChI=1S/C17H18BrNO5S/c1-3-4-7-24-15(20)10-19-16(21)14(25-17(19)22)9-11-8-12(18)5-6-13(11)23-2/h5-6,8-9H,3-4,7,10H2,1-2H3/b14-9+. The summed E-state index contributed by atoms with van der Waals surface area (Å²) in [5, 5.41) is -0.488. The normalized spacial score (nSPS) is 15.8. The van der Waals surface area contributed by atoms with Crippen molar-refractivity contribution in [2.45, 2.75) is 19.8 Å². The zero-order chi connectivity index (χ0) is 18.4. The van der Waals surface area contributed by atoms with E-state index in [-0.39, 0.29) is 18.1 Å². The van der Waals surface area contributed by atoms with Gasteiger partial charge in [0.15, 0.2) is 0 Å². The Kier molecular flexibility index (Phi) is 7.07. The summed E-state index contributed by atoms with van der Waals surface area (Å²) in [6, 6.07) is 5.35. The molecule has 0 aromatic heterocycles. The molecule has 2 rings (SSSR count). The minimum Gasteiger partial charge on any atom is -0.496 e. The van der Waals surface area contributed by atoms with Gasteiger partial charge in [-0.25, -0.2) is 0 Å². The SMILES string of the molecule is CCCCOC(=O)CN1C(=O)S/C(=C/c2cc(Br)ccc2OC)C1=O. The number of carbonyl (C=O) groups is 3. The number of benzene rings is 1. The van der Waals surface area contributed by atoms with Crippen LogP contribution < -0.4 is 4.74 Å². The van der Waals surface area contributed by atoms with E-state index in [0.717, 1.165) is 34.0 Å². The zero-order valence-corrected chi connectivity index (χ0v) is 16.3. The van der Waals surface area contributed by atoms with E-state index >= 15 is 0 Å². The van der Waals surface area contributed by atoms with Crippen LogP contribution in [-0.4, -0.2) is 42.3 Å². The molecule has 0 aliphatic carbocycles. The van der Waals surface area contributed by atoms with Crippen LogP contribution in [0.2, 0.25) is 0 Å². The number of carbonyl (C=O) groups excluding carboxylic acids is 3. The lowest BCUT2D eigenvalue weighted by Crippen LogP contribution is -2.34. The predicted molar refractivity (Wildman–Crippen MR) is 99.2 cm³/mol. The van der Waals surface area contributed by atoms with E-state index in [4.69, 9.17) is 9.47 Å². The van der Waals surface area contributed by atoms with E-state index in [1.165, 1.54) is 7.11 Å². The Morgan fingerprint density at radius 2 is 2.12 bits per heavy atom. The quantitative estimate of drug-likeness (QED) is 0.373. The maximum atomic E-state index is 12.4. The van der Waals surface area contributed by atoms with Crippen molar-refractivity contribution in [3.05, 3.63) is 33.1 Å². The Balaban J connectivity index is 2.13. The van der Waals surface area contributed by atoms with E-state index in [2.05, 4.69) is 15.9 Å². The number of ether oxygens (including phenoxy) is 2. The summed E-state index contributed by atoms with van der Waals surface area (Å²) in [6.07, 6.45) is 3.22. The molecule has 1 aliphatic rings. The summed E-state index contributed by atoms with van der Waals surface area (Å²) >= 11 is 4.15. The van der Waals surface area contributed by atoms with Crippen LogP contribution in [0.5, 0.6) is 5.75 Å². The molecule has 0 atom stereocenters. The van der Waals surface area contributed by atoms with Crippen molar-refractivity contribution in [1.82, 2.24) is 4.90 Å². The van der Waals surface area contributed by atoms with E-state index in [1.54, 1.807) is 18.2 Å². The second kappa shape index (κ2) is 9.05. The maximum absolute atomic E-state index is 12.4. The van der Waals surface area contributed by atoms with Gasteiger partial charge in [-0.2, -0.15) is 0 Å². The molecule has 0 unspecified atom stereocenters. The van der Waals surface area contributed by atoms with Crippen molar-refractivity contribution in [2.75, 3.05) is 20.3 Å². The third-order valence-electron chi connectivity index (χ3n) is 3.40. The van der Waals surface area contributed by atoms with E-state index in [1.807, 2.05) is 13.0 Å². The smallest absolute Gasteiger partial charge is 0.326 e. The fraction of sp³-hybridized carbons (Fsp3) is 0.353. The molecule has 0 saturated carbocycles. The molecule has 1 aliphatic heterocycles. The number of esters is 1. The summed E-state index contributed by atoms with van der Waals surface area (Å²) < 4.78 is 11.1. The first kappa shape index (κ1) is 19.5. The van der Waals surface area contributed by atoms with Crippen LogP contribution in [0.4, 0.5) is 4.79 Å². The molecule has 0 N–H and O–H groups in total. The van der Waals surface area contributed by atoms with Crippen LogP contribution in [0.1, 0.15) is 25.3 Å². The minimum atomic E-state index is -0.586. The van der Waals surface area contributed by atoms with Crippen LogP contribution in [0, 0.1) is 0 Å². The number of thioether (sulfide) groups is 1. The lowest BCUT2D eigenvalue weighted by molar-refractivity contribution is -0.146. The number of hydrogen-bond acceptors (Lipinski definition) is 6. The molecule has 0 spiro atoms. The summed E-state index contributed by atoms with van der Waals surface area (Å²) in [6.45, 7) is 1.89. The van der Waals surface area contributed by atoms with Gasteiger partial charge in [-0.1, -0.05) is 29.3 Å². The lowest BCUT2D eigenvalue weighted by atomic mass is 10.2. The van der Waals surface area contributed by atoms with E-state index in [0.29, 0.717) is 11.3 Å². The number of imide groups is 1. The van der Waals surface area contributed by atoms with Crippen molar-refractivity contribution in [2.24, 2.45) is 0 Å². The predicted octanol–water partition coefficient (Wildman–Crippen LogP) is 3.84.